The summed E-state index contributed by atoms with van der Waals surface area (Å²) in [6.45, 7) is 3.19. The minimum absolute atomic E-state index is 0.233. The van der Waals surface area contributed by atoms with Crippen molar-refractivity contribution in [1.82, 2.24) is 15.1 Å². The molecule has 1 aromatic heterocycles. The van der Waals surface area contributed by atoms with Gasteiger partial charge < -0.3 is 10.1 Å². The number of carbonyl (C=O) groups is 1. The number of hydrogen-bond donors (Lipinski definition) is 1. The Hall–Kier alpha value is -1.36. The van der Waals surface area contributed by atoms with Gasteiger partial charge in [0.2, 0.25) is 0 Å². The summed E-state index contributed by atoms with van der Waals surface area (Å²) in [6.07, 6.45) is 5.35. The number of piperidine rings is 1. The van der Waals surface area contributed by atoms with Gasteiger partial charge in [0.25, 0.3) is 0 Å². The summed E-state index contributed by atoms with van der Waals surface area (Å²) in [7, 11) is 1.83. The zero-order chi connectivity index (χ0) is 12.3. The van der Waals surface area contributed by atoms with Crippen LogP contribution >= 0.6 is 0 Å². The third kappa shape index (κ3) is 2.66. The van der Waals surface area contributed by atoms with Crippen molar-refractivity contribution in [3.63, 3.8) is 0 Å². The summed E-state index contributed by atoms with van der Waals surface area (Å²) < 4.78 is 6.71. The predicted molar refractivity (Wildman–Crippen MR) is 63.8 cm³/mol. The van der Waals surface area contributed by atoms with Gasteiger partial charge in [-0.3, -0.25) is 4.68 Å². The molecule has 1 atom stereocenters. The maximum atomic E-state index is 11.8. The lowest BCUT2D eigenvalue weighted by molar-refractivity contribution is 0.0516. The van der Waals surface area contributed by atoms with Crippen molar-refractivity contribution in [3.05, 3.63) is 17.5 Å². The van der Waals surface area contributed by atoms with Gasteiger partial charge in [0.1, 0.15) is 0 Å². The molecule has 0 amide bonds. The second kappa shape index (κ2) is 5.31. The van der Waals surface area contributed by atoms with E-state index in [1.54, 1.807) is 11.6 Å². The maximum absolute atomic E-state index is 11.8. The first-order valence-electron chi connectivity index (χ1n) is 6.16. The van der Waals surface area contributed by atoms with Gasteiger partial charge in [-0.25, -0.2) is 4.79 Å². The Kier molecular flexibility index (Phi) is 3.78. The normalized spacial score (nSPS) is 20.2. The molecule has 2 heterocycles. The number of esters is 1. The molecule has 0 aliphatic carbocycles. The third-order valence-electron chi connectivity index (χ3n) is 3.01. The fourth-order valence-electron chi connectivity index (χ4n) is 2.24. The third-order valence-corrected chi connectivity index (χ3v) is 3.01. The first-order chi connectivity index (χ1) is 8.22. The van der Waals surface area contributed by atoms with E-state index in [0.29, 0.717) is 12.3 Å². The molecule has 1 unspecified atom stereocenters. The van der Waals surface area contributed by atoms with E-state index in [0.717, 1.165) is 18.5 Å². The van der Waals surface area contributed by atoms with Gasteiger partial charge >= 0.3 is 5.97 Å². The number of hydrogen-bond acceptors (Lipinski definition) is 4. The Morgan fingerprint density at radius 2 is 2.47 bits per heavy atom. The maximum Gasteiger partial charge on any atom is 0.359 e. The van der Waals surface area contributed by atoms with Gasteiger partial charge in [-0.2, -0.15) is 5.10 Å². The number of nitrogens with one attached hydrogen (secondary N) is 1. The van der Waals surface area contributed by atoms with Crippen molar-refractivity contribution in [2.24, 2.45) is 7.05 Å². The summed E-state index contributed by atoms with van der Waals surface area (Å²) in [6, 6.07) is 0.233. The van der Waals surface area contributed by atoms with E-state index in [-0.39, 0.29) is 12.0 Å². The van der Waals surface area contributed by atoms with Crippen molar-refractivity contribution in [3.8, 4) is 0 Å². The van der Waals surface area contributed by atoms with Crippen LogP contribution in [-0.2, 0) is 11.8 Å². The van der Waals surface area contributed by atoms with E-state index in [1.807, 2.05) is 13.2 Å². The minimum Gasteiger partial charge on any atom is -0.461 e. The average molecular weight is 237 g/mol. The van der Waals surface area contributed by atoms with Crippen LogP contribution in [0.1, 0.15) is 48.3 Å². The SMILES string of the molecule is CCOC(=O)c1nn(C)cc1C1CCCCN1. The minimum atomic E-state index is -0.324. The Balaban J connectivity index is 2.22. The molecule has 0 radical (unpaired) electrons. The first kappa shape index (κ1) is 12.1. The van der Waals surface area contributed by atoms with Crippen molar-refractivity contribution < 1.29 is 9.53 Å². The molecule has 1 aliphatic rings. The largest absolute Gasteiger partial charge is 0.461 e. The molecule has 5 nitrogen and oxygen atoms in total. The molecule has 5 heteroatoms. The number of ether oxygens (including phenoxy) is 1. The van der Waals surface area contributed by atoms with Gasteiger partial charge in [0.05, 0.1) is 6.61 Å². The molecule has 0 bridgehead atoms. The fourth-order valence-corrected chi connectivity index (χ4v) is 2.24. The lowest BCUT2D eigenvalue weighted by atomic mass is 9.98. The van der Waals surface area contributed by atoms with Gasteiger partial charge in [0, 0.05) is 24.8 Å². The molecule has 0 saturated carbocycles. The van der Waals surface area contributed by atoms with E-state index >= 15 is 0 Å². The second-order valence-electron chi connectivity index (χ2n) is 4.33. The summed E-state index contributed by atoms with van der Waals surface area (Å²) >= 11 is 0. The highest BCUT2D eigenvalue weighted by Gasteiger charge is 2.24. The summed E-state index contributed by atoms with van der Waals surface area (Å²) in [5.74, 6) is -0.324. The number of rotatable bonds is 3. The molecule has 1 fully saturated rings. The van der Waals surface area contributed by atoms with E-state index in [4.69, 9.17) is 4.74 Å². The highest BCUT2D eigenvalue weighted by Crippen LogP contribution is 2.25. The molecule has 2 rings (SSSR count). The Bertz CT molecular complexity index is 394. The fraction of sp³-hybridized carbons (Fsp3) is 0.667. The number of carbonyl (C=O) groups excluding carboxylic acids is 1. The molecule has 1 saturated heterocycles. The first-order valence-corrected chi connectivity index (χ1v) is 6.16. The smallest absolute Gasteiger partial charge is 0.359 e. The van der Waals surface area contributed by atoms with Gasteiger partial charge in [0.15, 0.2) is 5.69 Å². The summed E-state index contributed by atoms with van der Waals surface area (Å²) in [5, 5.41) is 7.63. The second-order valence-corrected chi connectivity index (χ2v) is 4.33. The standard InChI is InChI=1S/C12H19N3O2/c1-3-17-12(16)11-9(8-15(2)14-11)10-6-4-5-7-13-10/h8,10,13H,3-7H2,1-2H3. The van der Waals surface area contributed by atoms with Gasteiger partial charge in [-0.1, -0.05) is 6.42 Å². The van der Waals surface area contributed by atoms with Gasteiger partial charge in [-0.05, 0) is 26.3 Å². The predicted octanol–water partition coefficient (Wildman–Crippen LogP) is 1.41. The molecule has 0 aromatic carbocycles. The summed E-state index contributed by atoms with van der Waals surface area (Å²) in [4.78, 5) is 11.8. The van der Waals surface area contributed by atoms with Crippen molar-refractivity contribution >= 4 is 5.97 Å². The highest BCUT2D eigenvalue weighted by molar-refractivity contribution is 5.89. The molecular weight excluding hydrogens is 218 g/mol. The Morgan fingerprint density at radius 1 is 1.65 bits per heavy atom. The van der Waals surface area contributed by atoms with Crippen LogP contribution < -0.4 is 5.32 Å². The van der Waals surface area contributed by atoms with Crippen LogP contribution in [0.4, 0.5) is 0 Å². The quantitative estimate of drug-likeness (QED) is 0.808. The molecule has 0 spiro atoms. The van der Waals surface area contributed by atoms with E-state index < -0.39 is 0 Å². The van der Waals surface area contributed by atoms with E-state index in [9.17, 15) is 4.79 Å². The van der Waals surface area contributed by atoms with Crippen molar-refractivity contribution in [1.29, 1.82) is 0 Å². The molecular formula is C12H19N3O2. The molecule has 94 valence electrons. The Morgan fingerprint density at radius 3 is 3.12 bits per heavy atom. The summed E-state index contributed by atoms with van der Waals surface area (Å²) in [5.41, 5.74) is 1.42. The van der Waals surface area contributed by atoms with Gasteiger partial charge in [-0.15, -0.1) is 0 Å². The van der Waals surface area contributed by atoms with Crippen LogP contribution in [0.25, 0.3) is 0 Å². The van der Waals surface area contributed by atoms with Crippen LogP contribution in [-0.4, -0.2) is 28.9 Å². The lowest BCUT2D eigenvalue weighted by Crippen LogP contribution is -2.28. The zero-order valence-corrected chi connectivity index (χ0v) is 10.4. The van der Waals surface area contributed by atoms with Crippen LogP contribution in [0.2, 0.25) is 0 Å². The highest BCUT2D eigenvalue weighted by atomic mass is 16.5. The van der Waals surface area contributed by atoms with Crippen LogP contribution in [0.3, 0.4) is 0 Å². The lowest BCUT2D eigenvalue weighted by Gasteiger charge is -2.22. The zero-order valence-electron chi connectivity index (χ0n) is 10.4. The number of aromatic nitrogens is 2. The molecule has 1 aliphatic heterocycles. The number of aryl methyl sites for hydroxylation is 1. The van der Waals surface area contributed by atoms with Crippen LogP contribution in [0, 0.1) is 0 Å². The monoisotopic (exact) mass is 237 g/mol. The molecule has 1 N–H and O–H groups in total. The van der Waals surface area contributed by atoms with Crippen LogP contribution in [0.5, 0.6) is 0 Å². The average Bonchev–Trinajstić information content (AvgIpc) is 2.73. The van der Waals surface area contributed by atoms with Crippen molar-refractivity contribution in [2.45, 2.75) is 32.2 Å². The van der Waals surface area contributed by atoms with E-state index in [1.165, 1.54) is 12.8 Å². The van der Waals surface area contributed by atoms with Crippen LogP contribution in [0.15, 0.2) is 6.20 Å². The molecule has 1 aromatic rings. The Labute approximate surface area is 101 Å². The topological polar surface area (TPSA) is 56.1 Å². The van der Waals surface area contributed by atoms with Crippen molar-refractivity contribution in [2.75, 3.05) is 13.2 Å². The number of nitrogens with zero attached hydrogens (tertiary/aromatic N) is 2. The van der Waals surface area contributed by atoms with E-state index in [2.05, 4.69) is 10.4 Å². The molecule has 17 heavy (non-hydrogen) atoms.